The number of methoxy groups -OCH3 is 1. The molecule has 1 aromatic carbocycles. The van der Waals surface area contributed by atoms with Crippen molar-refractivity contribution in [2.75, 3.05) is 20.2 Å². The van der Waals surface area contributed by atoms with Crippen molar-refractivity contribution in [3.63, 3.8) is 0 Å². The Labute approximate surface area is 151 Å². The van der Waals surface area contributed by atoms with E-state index in [-0.39, 0.29) is 12.5 Å². The molecule has 0 bridgehead atoms. The molecule has 0 aliphatic rings. The first-order chi connectivity index (χ1) is 12.5. The summed E-state index contributed by atoms with van der Waals surface area (Å²) in [4.78, 5) is 25.6. The molecule has 0 fully saturated rings. The fraction of sp³-hybridized carbons (Fsp3) is 0.471. The van der Waals surface area contributed by atoms with E-state index < -0.39 is 12.0 Å². The number of aryl methyl sites for hydroxylation is 1. The maximum absolute atomic E-state index is 13.1. The standard InChI is InChI=1S/C17H23N5O4/c1-4-8-21(11-16(23)24)17(25)15(22-12(2)18-19-20-22)10-13-6-5-7-14(9-13)26-3/h5-7,9,15H,4,8,10-11H2,1-3H3,(H,23,24). The van der Waals surface area contributed by atoms with Crippen LogP contribution in [-0.4, -0.2) is 62.3 Å². The van der Waals surface area contributed by atoms with E-state index >= 15 is 0 Å². The SMILES string of the molecule is CCCN(CC(=O)O)C(=O)C(Cc1cccc(OC)c1)n1nnnc1C. The van der Waals surface area contributed by atoms with E-state index in [9.17, 15) is 9.59 Å². The van der Waals surface area contributed by atoms with Crippen LogP contribution in [0.25, 0.3) is 0 Å². The number of ether oxygens (including phenoxy) is 1. The number of hydrogen-bond acceptors (Lipinski definition) is 6. The van der Waals surface area contributed by atoms with Gasteiger partial charge in [0.1, 0.15) is 24.2 Å². The zero-order chi connectivity index (χ0) is 19.1. The monoisotopic (exact) mass is 361 g/mol. The molecule has 2 aromatic rings. The largest absolute Gasteiger partial charge is 0.497 e. The van der Waals surface area contributed by atoms with E-state index in [1.165, 1.54) is 9.58 Å². The molecule has 2 rings (SSSR count). The normalized spacial score (nSPS) is 11.8. The van der Waals surface area contributed by atoms with Crippen LogP contribution in [0.15, 0.2) is 24.3 Å². The molecule has 9 nitrogen and oxygen atoms in total. The first kappa shape index (κ1) is 19.4. The summed E-state index contributed by atoms with van der Waals surface area (Å²) in [7, 11) is 1.57. The van der Waals surface area contributed by atoms with E-state index in [1.54, 1.807) is 14.0 Å². The van der Waals surface area contributed by atoms with Gasteiger partial charge < -0.3 is 14.7 Å². The van der Waals surface area contributed by atoms with Gasteiger partial charge in [0.05, 0.1) is 7.11 Å². The lowest BCUT2D eigenvalue weighted by Gasteiger charge is -2.26. The Balaban J connectivity index is 2.35. The molecule has 1 unspecified atom stereocenters. The third kappa shape index (κ3) is 4.78. The van der Waals surface area contributed by atoms with Crippen molar-refractivity contribution in [3.8, 4) is 5.75 Å². The quantitative estimate of drug-likeness (QED) is 0.712. The van der Waals surface area contributed by atoms with Gasteiger partial charge in [-0.2, -0.15) is 0 Å². The number of amides is 1. The highest BCUT2D eigenvalue weighted by molar-refractivity contribution is 5.84. The Morgan fingerprint density at radius 2 is 2.15 bits per heavy atom. The summed E-state index contributed by atoms with van der Waals surface area (Å²) in [5, 5.41) is 20.5. The van der Waals surface area contributed by atoms with Crippen molar-refractivity contribution in [3.05, 3.63) is 35.7 Å². The van der Waals surface area contributed by atoms with Crippen LogP contribution in [0, 0.1) is 6.92 Å². The van der Waals surface area contributed by atoms with E-state index in [4.69, 9.17) is 9.84 Å². The Morgan fingerprint density at radius 3 is 2.73 bits per heavy atom. The van der Waals surface area contributed by atoms with E-state index in [0.29, 0.717) is 31.0 Å². The summed E-state index contributed by atoms with van der Waals surface area (Å²) in [5.41, 5.74) is 0.865. The molecule has 1 amide bonds. The molecule has 9 heteroatoms. The van der Waals surface area contributed by atoms with Crippen molar-refractivity contribution < 1.29 is 19.4 Å². The van der Waals surface area contributed by atoms with Crippen molar-refractivity contribution in [1.82, 2.24) is 25.1 Å². The molecule has 0 aliphatic carbocycles. The second-order valence-electron chi connectivity index (χ2n) is 5.90. The number of rotatable bonds is 9. The van der Waals surface area contributed by atoms with E-state index in [2.05, 4.69) is 15.5 Å². The van der Waals surface area contributed by atoms with Crippen molar-refractivity contribution in [1.29, 1.82) is 0 Å². The fourth-order valence-electron chi connectivity index (χ4n) is 2.74. The Bertz CT molecular complexity index is 761. The minimum atomic E-state index is -1.06. The smallest absolute Gasteiger partial charge is 0.323 e. The van der Waals surface area contributed by atoms with Crippen LogP contribution in [0.1, 0.15) is 30.8 Å². The minimum Gasteiger partial charge on any atom is -0.497 e. The molecule has 1 atom stereocenters. The number of carbonyl (C=O) groups excluding carboxylic acids is 1. The highest BCUT2D eigenvalue weighted by Gasteiger charge is 2.29. The number of benzene rings is 1. The van der Waals surface area contributed by atoms with Crippen molar-refractivity contribution >= 4 is 11.9 Å². The molecule has 0 saturated heterocycles. The van der Waals surface area contributed by atoms with Gasteiger partial charge in [-0.1, -0.05) is 19.1 Å². The molecule has 26 heavy (non-hydrogen) atoms. The topological polar surface area (TPSA) is 110 Å². The second-order valence-corrected chi connectivity index (χ2v) is 5.90. The van der Waals surface area contributed by atoms with Crippen LogP contribution in [-0.2, 0) is 16.0 Å². The van der Waals surface area contributed by atoms with Crippen LogP contribution >= 0.6 is 0 Å². The first-order valence-corrected chi connectivity index (χ1v) is 8.34. The number of carbonyl (C=O) groups is 2. The number of nitrogens with zero attached hydrogens (tertiary/aromatic N) is 5. The van der Waals surface area contributed by atoms with Crippen molar-refractivity contribution in [2.45, 2.75) is 32.7 Å². The minimum absolute atomic E-state index is 0.321. The summed E-state index contributed by atoms with van der Waals surface area (Å²) in [6.07, 6.45) is 0.973. The third-order valence-electron chi connectivity index (χ3n) is 3.93. The van der Waals surface area contributed by atoms with Gasteiger partial charge in [0.25, 0.3) is 0 Å². The van der Waals surface area contributed by atoms with Gasteiger partial charge in [0.15, 0.2) is 0 Å². The summed E-state index contributed by atoms with van der Waals surface area (Å²) < 4.78 is 6.67. The molecule has 1 N–H and O–H groups in total. The number of tetrazole rings is 1. The van der Waals surface area contributed by atoms with Gasteiger partial charge in [-0.05, 0) is 41.5 Å². The molecular weight excluding hydrogens is 338 g/mol. The third-order valence-corrected chi connectivity index (χ3v) is 3.93. The van der Waals surface area contributed by atoms with Gasteiger partial charge in [0, 0.05) is 13.0 Å². The predicted octanol–water partition coefficient (Wildman–Crippen LogP) is 1.10. The number of hydrogen-bond donors (Lipinski definition) is 1. The van der Waals surface area contributed by atoms with Gasteiger partial charge in [-0.25, -0.2) is 4.68 Å². The maximum atomic E-state index is 13.1. The predicted molar refractivity (Wildman–Crippen MR) is 92.8 cm³/mol. The van der Waals surface area contributed by atoms with Gasteiger partial charge in [-0.15, -0.1) is 5.10 Å². The first-order valence-electron chi connectivity index (χ1n) is 8.34. The fourth-order valence-corrected chi connectivity index (χ4v) is 2.74. The molecule has 0 saturated carbocycles. The molecule has 140 valence electrons. The van der Waals surface area contributed by atoms with E-state index in [1.807, 2.05) is 31.2 Å². The lowest BCUT2D eigenvalue weighted by Crippen LogP contribution is -2.42. The Hall–Kier alpha value is -2.97. The lowest BCUT2D eigenvalue weighted by atomic mass is 10.0. The zero-order valence-electron chi connectivity index (χ0n) is 15.1. The maximum Gasteiger partial charge on any atom is 0.323 e. The van der Waals surface area contributed by atoms with E-state index in [0.717, 1.165) is 5.56 Å². The van der Waals surface area contributed by atoms with Crippen LogP contribution in [0.5, 0.6) is 5.75 Å². The highest BCUT2D eigenvalue weighted by Crippen LogP contribution is 2.21. The molecular formula is C17H23N5O4. The molecule has 1 heterocycles. The molecule has 0 spiro atoms. The van der Waals surface area contributed by atoms with Crippen LogP contribution in [0.4, 0.5) is 0 Å². The molecule has 0 radical (unpaired) electrons. The number of carboxylic acid groups (broad SMARTS) is 1. The molecule has 1 aromatic heterocycles. The average molecular weight is 361 g/mol. The highest BCUT2D eigenvalue weighted by atomic mass is 16.5. The van der Waals surface area contributed by atoms with Gasteiger partial charge in [0.2, 0.25) is 5.91 Å². The zero-order valence-corrected chi connectivity index (χ0v) is 15.1. The lowest BCUT2D eigenvalue weighted by molar-refractivity contribution is -0.146. The number of aromatic nitrogens is 4. The van der Waals surface area contributed by atoms with Gasteiger partial charge >= 0.3 is 5.97 Å². The molecule has 0 aliphatic heterocycles. The Morgan fingerprint density at radius 1 is 1.38 bits per heavy atom. The number of carboxylic acids is 1. The summed E-state index contributed by atoms with van der Waals surface area (Å²) in [6, 6.07) is 6.63. The van der Waals surface area contributed by atoms with Crippen LogP contribution in [0.3, 0.4) is 0 Å². The van der Waals surface area contributed by atoms with Crippen LogP contribution in [0.2, 0.25) is 0 Å². The average Bonchev–Trinajstić information content (AvgIpc) is 3.04. The summed E-state index contributed by atoms with van der Waals surface area (Å²) in [6.45, 7) is 3.58. The van der Waals surface area contributed by atoms with Crippen LogP contribution < -0.4 is 4.74 Å². The Kier molecular flexibility index (Phi) is 6.65. The summed E-state index contributed by atoms with van der Waals surface area (Å²) in [5.74, 6) is -0.219. The summed E-state index contributed by atoms with van der Waals surface area (Å²) >= 11 is 0. The van der Waals surface area contributed by atoms with Crippen molar-refractivity contribution in [2.24, 2.45) is 0 Å². The second kappa shape index (κ2) is 8.93. The van der Waals surface area contributed by atoms with Gasteiger partial charge in [-0.3, -0.25) is 9.59 Å². The number of aliphatic carboxylic acids is 1.